The van der Waals surface area contributed by atoms with Crippen molar-refractivity contribution in [2.75, 3.05) is 0 Å². The third-order valence-corrected chi connectivity index (χ3v) is 1.51. The molecule has 0 unspecified atom stereocenters. The Labute approximate surface area is 61.3 Å². The number of para-hydroxylation sites is 2. The second kappa shape index (κ2) is 1.95. The molecule has 47 valence electrons. The molecule has 0 N–H and O–H groups in total. The topological polar surface area (TPSA) is 26.0 Å². The summed E-state index contributed by atoms with van der Waals surface area (Å²) in [5, 5.41) is 0. The molecular formula is C7H4NOSi. The lowest BCUT2D eigenvalue weighted by molar-refractivity contribution is 0.644. The van der Waals surface area contributed by atoms with E-state index in [1.807, 2.05) is 24.3 Å². The summed E-state index contributed by atoms with van der Waals surface area (Å²) < 4.78 is 5.17. The van der Waals surface area contributed by atoms with Gasteiger partial charge < -0.3 is 4.42 Å². The first-order chi connectivity index (χ1) is 4.86. The number of aromatic nitrogens is 1. The maximum Gasteiger partial charge on any atom is 0.160 e. The van der Waals surface area contributed by atoms with Crippen LogP contribution in [0.2, 0.25) is 0 Å². The molecule has 2 aromatic rings. The van der Waals surface area contributed by atoms with Crippen LogP contribution in [0.15, 0.2) is 28.7 Å². The second-order valence-corrected chi connectivity index (χ2v) is 2.41. The maximum absolute atomic E-state index is 5.17. The number of rotatable bonds is 0. The Morgan fingerprint density at radius 3 is 2.90 bits per heavy atom. The monoisotopic (exact) mass is 146 g/mol. The summed E-state index contributed by atoms with van der Waals surface area (Å²) >= 11 is 0. The quantitative estimate of drug-likeness (QED) is 0.509. The van der Waals surface area contributed by atoms with Gasteiger partial charge in [-0.15, -0.1) is 0 Å². The lowest BCUT2D eigenvalue weighted by atomic mass is 10.3. The highest BCUT2D eigenvalue weighted by molar-refractivity contribution is 6.28. The molecule has 0 amide bonds. The van der Waals surface area contributed by atoms with Gasteiger partial charge in [-0.05, 0) is 12.1 Å². The summed E-state index contributed by atoms with van der Waals surface area (Å²) in [5.74, 6) is 0. The molecule has 3 radical (unpaired) electrons. The Balaban J connectivity index is 2.88. The highest BCUT2D eigenvalue weighted by atomic mass is 28.1. The zero-order chi connectivity index (χ0) is 6.97. The molecular weight excluding hydrogens is 142 g/mol. The Hall–Kier alpha value is -1.09. The average Bonchev–Trinajstić information content (AvgIpc) is 2.27. The lowest BCUT2D eigenvalue weighted by Gasteiger charge is -1.79. The van der Waals surface area contributed by atoms with Crippen molar-refractivity contribution in [2.24, 2.45) is 0 Å². The fraction of sp³-hybridized carbons (Fsp3) is 0. The van der Waals surface area contributed by atoms with Gasteiger partial charge in [0.25, 0.3) is 0 Å². The first kappa shape index (κ1) is 5.67. The molecule has 0 bridgehead atoms. The summed E-state index contributed by atoms with van der Waals surface area (Å²) in [6.45, 7) is 0. The maximum atomic E-state index is 5.17. The Bertz CT molecular complexity index is 322. The van der Waals surface area contributed by atoms with Crippen LogP contribution in [0.5, 0.6) is 0 Å². The van der Waals surface area contributed by atoms with Gasteiger partial charge in [0.05, 0.1) is 0 Å². The third-order valence-electron chi connectivity index (χ3n) is 1.29. The van der Waals surface area contributed by atoms with Crippen molar-refractivity contribution < 1.29 is 4.42 Å². The molecule has 1 aromatic carbocycles. The largest absolute Gasteiger partial charge is 0.447 e. The van der Waals surface area contributed by atoms with Gasteiger partial charge in [-0.2, -0.15) is 0 Å². The molecule has 2 nitrogen and oxygen atoms in total. The van der Waals surface area contributed by atoms with Gasteiger partial charge in [-0.3, -0.25) is 0 Å². The molecule has 0 saturated heterocycles. The average molecular weight is 146 g/mol. The van der Waals surface area contributed by atoms with E-state index in [9.17, 15) is 0 Å². The molecule has 0 aliphatic rings. The molecule has 10 heavy (non-hydrogen) atoms. The van der Waals surface area contributed by atoms with Crippen molar-refractivity contribution in [2.45, 2.75) is 0 Å². The van der Waals surface area contributed by atoms with Crippen molar-refractivity contribution in [1.29, 1.82) is 0 Å². The van der Waals surface area contributed by atoms with Crippen molar-refractivity contribution in [3.8, 4) is 0 Å². The number of fused-ring (bicyclic) bond motifs is 1. The van der Waals surface area contributed by atoms with E-state index in [1.54, 1.807) is 0 Å². The molecule has 0 atom stereocenters. The molecule has 0 aliphatic heterocycles. The van der Waals surface area contributed by atoms with Gasteiger partial charge >= 0.3 is 0 Å². The molecule has 0 saturated carbocycles. The van der Waals surface area contributed by atoms with E-state index in [0.29, 0.717) is 5.51 Å². The summed E-state index contributed by atoms with van der Waals surface area (Å²) in [6.07, 6.45) is 0. The smallest absolute Gasteiger partial charge is 0.160 e. The summed E-state index contributed by atoms with van der Waals surface area (Å²) in [5.41, 5.74) is 2.22. The van der Waals surface area contributed by atoms with Crippen LogP contribution in [0.1, 0.15) is 0 Å². The molecule has 2 rings (SSSR count). The number of oxazole rings is 1. The van der Waals surface area contributed by atoms with Crippen molar-refractivity contribution >= 4 is 26.9 Å². The van der Waals surface area contributed by atoms with E-state index in [2.05, 4.69) is 15.2 Å². The van der Waals surface area contributed by atoms with E-state index < -0.39 is 0 Å². The van der Waals surface area contributed by atoms with E-state index >= 15 is 0 Å². The van der Waals surface area contributed by atoms with Crippen LogP contribution in [0.4, 0.5) is 0 Å². The van der Waals surface area contributed by atoms with Crippen LogP contribution in [0.25, 0.3) is 11.1 Å². The first-order valence-corrected chi connectivity index (χ1v) is 3.43. The molecule has 3 heteroatoms. The summed E-state index contributed by atoms with van der Waals surface area (Å²) in [7, 11) is 3.19. The number of benzene rings is 1. The predicted octanol–water partition coefficient (Wildman–Crippen LogP) is 0.622. The predicted molar refractivity (Wildman–Crippen MR) is 39.4 cm³/mol. The van der Waals surface area contributed by atoms with Crippen LogP contribution in [0, 0.1) is 0 Å². The third kappa shape index (κ3) is 0.752. The normalized spacial score (nSPS) is 10.5. The van der Waals surface area contributed by atoms with Crippen LogP contribution in [-0.4, -0.2) is 15.2 Å². The van der Waals surface area contributed by atoms with E-state index in [0.717, 1.165) is 11.1 Å². The fourth-order valence-corrected chi connectivity index (χ4v) is 1.10. The van der Waals surface area contributed by atoms with Crippen LogP contribution < -0.4 is 5.51 Å². The highest BCUT2D eigenvalue weighted by Gasteiger charge is 1.97. The zero-order valence-electron chi connectivity index (χ0n) is 5.16. The Morgan fingerprint density at radius 2 is 2.10 bits per heavy atom. The lowest BCUT2D eigenvalue weighted by Crippen LogP contribution is -1.99. The van der Waals surface area contributed by atoms with Gasteiger partial charge in [-0.25, -0.2) is 4.98 Å². The van der Waals surface area contributed by atoms with Crippen molar-refractivity contribution in [3.63, 3.8) is 0 Å². The fourth-order valence-electron chi connectivity index (χ4n) is 0.872. The van der Waals surface area contributed by atoms with Crippen LogP contribution in [-0.2, 0) is 0 Å². The van der Waals surface area contributed by atoms with E-state index in [4.69, 9.17) is 4.42 Å². The minimum atomic E-state index is 0.529. The van der Waals surface area contributed by atoms with Gasteiger partial charge in [0.1, 0.15) is 5.52 Å². The van der Waals surface area contributed by atoms with Gasteiger partial charge in [0.2, 0.25) is 0 Å². The van der Waals surface area contributed by atoms with Crippen molar-refractivity contribution in [3.05, 3.63) is 24.3 Å². The van der Waals surface area contributed by atoms with Crippen molar-refractivity contribution in [1.82, 2.24) is 4.98 Å². The SMILES string of the molecule is [Si]c1nc2ccccc2o1. The second-order valence-electron chi connectivity index (χ2n) is 1.99. The number of hydrogen-bond donors (Lipinski definition) is 0. The highest BCUT2D eigenvalue weighted by Crippen LogP contribution is 2.07. The minimum absolute atomic E-state index is 0.529. The molecule has 0 aliphatic carbocycles. The molecule has 1 aromatic heterocycles. The molecule has 0 fully saturated rings. The van der Waals surface area contributed by atoms with E-state index in [1.165, 1.54) is 0 Å². The van der Waals surface area contributed by atoms with Crippen LogP contribution in [0.3, 0.4) is 0 Å². The molecule has 1 heterocycles. The minimum Gasteiger partial charge on any atom is -0.447 e. The Morgan fingerprint density at radius 1 is 1.30 bits per heavy atom. The first-order valence-electron chi connectivity index (χ1n) is 2.93. The number of nitrogens with zero attached hydrogens (tertiary/aromatic N) is 1. The van der Waals surface area contributed by atoms with Gasteiger partial charge in [-0.1, -0.05) is 12.1 Å². The summed E-state index contributed by atoms with van der Waals surface area (Å²) in [6, 6.07) is 7.63. The zero-order valence-corrected chi connectivity index (χ0v) is 6.16. The number of hydrogen-bond acceptors (Lipinski definition) is 2. The Kier molecular flexibility index (Phi) is 1.11. The molecule has 0 spiro atoms. The summed E-state index contributed by atoms with van der Waals surface area (Å²) in [4.78, 5) is 4.06. The van der Waals surface area contributed by atoms with Crippen LogP contribution >= 0.6 is 0 Å². The van der Waals surface area contributed by atoms with Gasteiger partial charge in [0.15, 0.2) is 21.3 Å². The standard InChI is InChI=1S/C7H4NOSi/c10-7-8-5-3-1-2-4-6(5)9-7/h1-4H. The van der Waals surface area contributed by atoms with Gasteiger partial charge in [0, 0.05) is 0 Å². The van der Waals surface area contributed by atoms with E-state index in [-0.39, 0.29) is 0 Å².